The van der Waals surface area contributed by atoms with Gasteiger partial charge in [-0.15, -0.1) is 0 Å². The third-order valence-electron chi connectivity index (χ3n) is 8.70. The van der Waals surface area contributed by atoms with Crippen LogP contribution in [0.2, 0.25) is 0 Å². The molecule has 7 rings (SSSR count). The fraction of sp³-hybridized carbons (Fsp3) is 0.640. The monoisotopic (exact) mass is 496 g/mol. The Hall–Kier alpha value is -2.46. The van der Waals surface area contributed by atoms with Crippen molar-refractivity contribution in [3.8, 4) is 0 Å². The van der Waals surface area contributed by atoms with E-state index in [1.807, 2.05) is 28.3 Å². The van der Waals surface area contributed by atoms with Gasteiger partial charge in [0.25, 0.3) is 0 Å². The van der Waals surface area contributed by atoms with E-state index in [4.69, 9.17) is 0 Å². The number of sulfone groups is 1. The van der Waals surface area contributed by atoms with Gasteiger partial charge in [-0.2, -0.15) is 5.10 Å². The number of urea groups is 1. The number of carbonyl (C=O) groups is 1. The van der Waals surface area contributed by atoms with Crippen molar-refractivity contribution < 1.29 is 13.2 Å². The predicted molar refractivity (Wildman–Crippen MR) is 129 cm³/mol. The van der Waals surface area contributed by atoms with Crippen molar-refractivity contribution in [1.82, 2.24) is 29.5 Å². The molecule has 2 saturated carbocycles. The zero-order valence-corrected chi connectivity index (χ0v) is 21.0. The van der Waals surface area contributed by atoms with Crippen LogP contribution in [0.4, 0.5) is 4.79 Å². The minimum absolute atomic E-state index is 0.205. The molecule has 2 aliphatic carbocycles. The summed E-state index contributed by atoms with van der Waals surface area (Å²) in [6.07, 6.45) is 7.80. The smallest absolute Gasteiger partial charge is 0.320 e. The van der Waals surface area contributed by atoms with E-state index in [1.165, 1.54) is 19.1 Å². The van der Waals surface area contributed by atoms with Gasteiger partial charge in [0, 0.05) is 68.8 Å². The van der Waals surface area contributed by atoms with Crippen molar-refractivity contribution in [2.75, 3.05) is 45.5 Å². The normalized spacial score (nSPS) is 25.2. The van der Waals surface area contributed by atoms with E-state index < -0.39 is 9.84 Å². The topological polar surface area (TPSA) is 91.6 Å². The average molecular weight is 497 g/mol. The van der Waals surface area contributed by atoms with Gasteiger partial charge in [-0.3, -0.25) is 4.90 Å². The minimum atomic E-state index is -3.15. The molecule has 5 aliphatic rings. The van der Waals surface area contributed by atoms with Crippen LogP contribution < -0.4 is 0 Å². The number of hydrogen-bond donors (Lipinski definition) is 0. The molecule has 2 aromatic rings. The first kappa shape index (κ1) is 21.8. The van der Waals surface area contributed by atoms with E-state index in [-0.39, 0.29) is 11.4 Å². The van der Waals surface area contributed by atoms with Gasteiger partial charge in [-0.05, 0) is 43.4 Å². The number of nitrogens with zero attached hydrogens (tertiary/aromatic N) is 6. The fourth-order valence-corrected chi connectivity index (χ4v) is 7.32. The molecular formula is C25H32N6O3S. The molecule has 4 heterocycles. The molecule has 3 aliphatic heterocycles. The van der Waals surface area contributed by atoms with Crippen LogP contribution in [0.5, 0.6) is 0 Å². The molecule has 1 aromatic carbocycles. The van der Waals surface area contributed by atoms with Gasteiger partial charge in [0.2, 0.25) is 0 Å². The molecule has 9 nitrogen and oxygen atoms in total. The summed E-state index contributed by atoms with van der Waals surface area (Å²) in [5.41, 5.74) is 1.67. The largest absolute Gasteiger partial charge is 0.323 e. The van der Waals surface area contributed by atoms with E-state index in [0.29, 0.717) is 22.3 Å². The van der Waals surface area contributed by atoms with E-state index in [2.05, 4.69) is 19.7 Å². The molecule has 10 heteroatoms. The van der Waals surface area contributed by atoms with Crippen molar-refractivity contribution >= 4 is 15.9 Å². The standard InChI is InChI=1S/C25H32N6O3S/c1-35(33,34)21-6-2-18(3-7-21)10-28-11-25(12-28)15-30(16-25)23(32)29-13-24(14-29)8-20(9-24)31-17-26-22(27-31)19-4-5-19/h2-3,6-7,17,19-20H,4-5,8-16H2,1H3. The lowest BCUT2D eigenvalue weighted by Gasteiger charge is -2.63. The van der Waals surface area contributed by atoms with Crippen LogP contribution in [0, 0.1) is 10.8 Å². The van der Waals surface area contributed by atoms with Gasteiger partial charge in [-0.25, -0.2) is 22.9 Å². The Balaban J connectivity index is 0.844. The molecule has 0 unspecified atom stereocenters. The molecule has 1 aromatic heterocycles. The van der Waals surface area contributed by atoms with Gasteiger partial charge in [0.05, 0.1) is 10.9 Å². The fourth-order valence-electron chi connectivity index (χ4n) is 6.69. The summed E-state index contributed by atoms with van der Waals surface area (Å²) in [6.45, 7) is 6.28. The SMILES string of the molecule is CS(=O)(=O)c1ccc(CN2CC3(C2)CN(C(=O)N2CC4(CC(n5cnc(C6CC6)n5)C4)C2)C3)cc1. The average Bonchev–Trinajstić information content (AvgIpc) is 3.44. The lowest BCUT2D eigenvalue weighted by Crippen LogP contribution is -2.75. The van der Waals surface area contributed by atoms with Crippen LogP contribution in [0.1, 0.15) is 49.0 Å². The molecule has 0 atom stereocenters. The number of likely N-dealkylation sites (tertiary alicyclic amines) is 3. The van der Waals surface area contributed by atoms with E-state index >= 15 is 0 Å². The first-order chi connectivity index (χ1) is 16.7. The Morgan fingerprint density at radius 3 is 2.20 bits per heavy atom. The molecule has 2 amide bonds. The summed E-state index contributed by atoms with van der Waals surface area (Å²) >= 11 is 0. The van der Waals surface area contributed by atoms with Crippen LogP contribution in [-0.2, 0) is 16.4 Å². The number of carbonyl (C=O) groups excluding carboxylic acids is 1. The molecule has 5 fully saturated rings. The maximum atomic E-state index is 12.9. The van der Waals surface area contributed by atoms with Crippen LogP contribution in [0.3, 0.4) is 0 Å². The van der Waals surface area contributed by atoms with E-state index in [0.717, 1.165) is 70.0 Å². The first-order valence-electron chi connectivity index (χ1n) is 12.7. The van der Waals surface area contributed by atoms with Crippen molar-refractivity contribution in [1.29, 1.82) is 0 Å². The van der Waals surface area contributed by atoms with Crippen LogP contribution in [0.25, 0.3) is 0 Å². The Morgan fingerprint density at radius 2 is 1.60 bits per heavy atom. The van der Waals surface area contributed by atoms with Crippen molar-refractivity contribution in [3.63, 3.8) is 0 Å². The summed E-state index contributed by atoms with van der Waals surface area (Å²) < 4.78 is 25.3. The molecular weight excluding hydrogens is 464 g/mol. The van der Waals surface area contributed by atoms with Gasteiger partial charge in [0.1, 0.15) is 6.33 Å². The molecule has 0 N–H and O–H groups in total. The van der Waals surface area contributed by atoms with Crippen LogP contribution in [0.15, 0.2) is 35.5 Å². The maximum absolute atomic E-state index is 12.9. The highest BCUT2D eigenvalue weighted by molar-refractivity contribution is 7.90. The van der Waals surface area contributed by atoms with Crippen molar-refractivity contribution in [2.24, 2.45) is 10.8 Å². The number of amides is 2. The summed E-state index contributed by atoms with van der Waals surface area (Å²) in [5, 5.41) is 4.69. The third-order valence-corrected chi connectivity index (χ3v) is 9.83. The van der Waals surface area contributed by atoms with E-state index in [9.17, 15) is 13.2 Å². The lowest BCUT2D eigenvalue weighted by atomic mass is 9.60. The highest BCUT2D eigenvalue weighted by Crippen LogP contribution is 2.54. The second-order valence-corrected chi connectivity index (χ2v) is 14.0. The molecule has 0 radical (unpaired) electrons. The summed E-state index contributed by atoms with van der Waals surface area (Å²) in [6, 6.07) is 7.82. The Kier molecular flexibility index (Phi) is 4.54. The zero-order chi connectivity index (χ0) is 24.0. The Bertz CT molecular complexity index is 1260. The van der Waals surface area contributed by atoms with E-state index in [1.54, 1.807) is 12.1 Å². The maximum Gasteiger partial charge on any atom is 0.320 e. The molecule has 186 valence electrons. The highest BCUT2D eigenvalue weighted by Gasteiger charge is 2.58. The van der Waals surface area contributed by atoms with Gasteiger partial charge in [-0.1, -0.05) is 12.1 Å². The summed E-state index contributed by atoms with van der Waals surface area (Å²) in [4.78, 5) is 24.2. The Labute approximate surface area is 206 Å². The summed E-state index contributed by atoms with van der Waals surface area (Å²) in [5.74, 6) is 1.61. The van der Waals surface area contributed by atoms with Crippen molar-refractivity contribution in [3.05, 3.63) is 42.0 Å². The predicted octanol–water partition coefficient (Wildman–Crippen LogP) is 2.13. The van der Waals surface area contributed by atoms with Crippen LogP contribution in [-0.4, -0.2) is 89.4 Å². The van der Waals surface area contributed by atoms with Gasteiger partial charge < -0.3 is 9.80 Å². The molecule has 2 spiro atoms. The second-order valence-electron chi connectivity index (χ2n) is 12.0. The Morgan fingerprint density at radius 1 is 0.971 bits per heavy atom. The van der Waals surface area contributed by atoms with Crippen molar-refractivity contribution in [2.45, 2.75) is 49.1 Å². The quantitative estimate of drug-likeness (QED) is 0.630. The number of aromatic nitrogens is 3. The van der Waals surface area contributed by atoms with Crippen LogP contribution >= 0.6 is 0 Å². The van der Waals surface area contributed by atoms with Gasteiger partial charge in [0.15, 0.2) is 15.7 Å². The zero-order valence-electron chi connectivity index (χ0n) is 20.1. The second kappa shape index (κ2) is 7.29. The summed E-state index contributed by atoms with van der Waals surface area (Å²) in [7, 11) is -3.15. The molecule has 3 saturated heterocycles. The third kappa shape index (κ3) is 3.76. The highest BCUT2D eigenvalue weighted by atomic mass is 32.2. The molecule has 35 heavy (non-hydrogen) atoms. The first-order valence-corrected chi connectivity index (χ1v) is 14.5. The molecule has 0 bridgehead atoms. The number of hydrogen-bond acceptors (Lipinski definition) is 6. The minimum Gasteiger partial charge on any atom is -0.323 e. The number of benzene rings is 1. The van der Waals surface area contributed by atoms with Gasteiger partial charge >= 0.3 is 6.03 Å². The lowest BCUT2D eigenvalue weighted by molar-refractivity contribution is -0.120. The number of rotatable bonds is 5.